The van der Waals surface area contributed by atoms with Crippen molar-refractivity contribution in [2.45, 2.75) is 26.3 Å². The molecular weight excluding hydrogens is 242 g/mol. The van der Waals surface area contributed by atoms with Crippen LogP contribution in [-0.4, -0.2) is 28.0 Å². The maximum absolute atomic E-state index is 11.8. The summed E-state index contributed by atoms with van der Waals surface area (Å²) in [4.78, 5) is 22.5. The molecule has 1 rings (SSSR count). The van der Waals surface area contributed by atoms with Gasteiger partial charge in [0.15, 0.2) is 0 Å². The molecule has 1 amide bonds. The zero-order valence-corrected chi connectivity index (χ0v) is 10.6. The Kier molecular flexibility index (Phi) is 5.15. The third-order valence-corrected chi connectivity index (χ3v) is 2.56. The van der Waals surface area contributed by atoms with Crippen molar-refractivity contribution in [3.8, 4) is 0 Å². The average molecular weight is 258 g/mol. The second-order valence-electron chi connectivity index (χ2n) is 4.26. The number of halogens is 1. The quantitative estimate of drug-likeness (QED) is 0.777. The zero-order chi connectivity index (χ0) is 12.8. The van der Waals surface area contributed by atoms with E-state index in [0.29, 0.717) is 11.8 Å². The molecule has 1 atom stereocenters. The van der Waals surface area contributed by atoms with E-state index in [1.807, 2.05) is 0 Å². The molecule has 2 N–H and O–H groups in total. The van der Waals surface area contributed by atoms with Crippen LogP contribution in [0.25, 0.3) is 0 Å². The van der Waals surface area contributed by atoms with Gasteiger partial charge in [-0.25, -0.2) is 5.10 Å². The van der Waals surface area contributed by atoms with Gasteiger partial charge in [0, 0.05) is 18.0 Å². The number of hydrogen-bond donors (Lipinski definition) is 2. The molecule has 0 aliphatic carbocycles. The van der Waals surface area contributed by atoms with Crippen molar-refractivity contribution in [3.63, 3.8) is 0 Å². The SMILES string of the molecule is CC(C)CC(CCl)NC(=O)c1ccc(=O)[nH]n1. The summed E-state index contributed by atoms with van der Waals surface area (Å²) < 4.78 is 0. The van der Waals surface area contributed by atoms with Crippen molar-refractivity contribution in [2.24, 2.45) is 5.92 Å². The number of alkyl halides is 1. The van der Waals surface area contributed by atoms with Crippen molar-refractivity contribution < 1.29 is 4.79 Å². The number of amides is 1. The molecular formula is C11H16ClN3O2. The molecule has 0 saturated carbocycles. The molecule has 1 aromatic heterocycles. The monoisotopic (exact) mass is 257 g/mol. The van der Waals surface area contributed by atoms with Crippen molar-refractivity contribution >= 4 is 17.5 Å². The summed E-state index contributed by atoms with van der Waals surface area (Å²) in [6.45, 7) is 4.12. The number of carbonyl (C=O) groups is 1. The number of nitrogens with one attached hydrogen (secondary N) is 2. The minimum Gasteiger partial charge on any atom is -0.347 e. The predicted molar refractivity (Wildman–Crippen MR) is 66.3 cm³/mol. The molecule has 94 valence electrons. The van der Waals surface area contributed by atoms with E-state index in [9.17, 15) is 9.59 Å². The van der Waals surface area contributed by atoms with E-state index in [4.69, 9.17) is 11.6 Å². The van der Waals surface area contributed by atoms with Crippen LogP contribution in [0.5, 0.6) is 0 Å². The highest BCUT2D eigenvalue weighted by Gasteiger charge is 2.15. The lowest BCUT2D eigenvalue weighted by atomic mass is 10.1. The maximum atomic E-state index is 11.8. The Bertz CT molecular complexity index is 410. The minimum absolute atomic E-state index is 0.0853. The first-order valence-electron chi connectivity index (χ1n) is 5.45. The van der Waals surface area contributed by atoms with Crippen LogP contribution >= 0.6 is 11.6 Å². The molecule has 6 heteroatoms. The second kappa shape index (κ2) is 6.39. The van der Waals surface area contributed by atoms with E-state index in [0.717, 1.165) is 6.42 Å². The molecule has 0 aromatic carbocycles. The Balaban J connectivity index is 2.64. The molecule has 17 heavy (non-hydrogen) atoms. The van der Waals surface area contributed by atoms with Gasteiger partial charge in [-0.15, -0.1) is 11.6 Å². The van der Waals surface area contributed by atoms with Gasteiger partial charge in [-0.2, -0.15) is 5.10 Å². The summed E-state index contributed by atoms with van der Waals surface area (Å²) in [6.07, 6.45) is 0.804. The smallest absolute Gasteiger partial charge is 0.271 e. The summed E-state index contributed by atoms with van der Waals surface area (Å²) in [7, 11) is 0. The molecule has 0 fully saturated rings. The number of aromatic amines is 1. The highest BCUT2D eigenvalue weighted by molar-refractivity contribution is 6.18. The minimum atomic E-state index is -0.336. The summed E-state index contributed by atoms with van der Waals surface area (Å²) in [5.74, 6) is 0.475. The van der Waals surface area contributed by atoms with Crippen LogP contribution in [0.1, 0.15) is 30.8 Å². The van der Waals surface area contributed by atoms with Gasteiger partial charge >= 0.3 is 0 Å². The molecule has 0 aliphatic rings. The fourth-order valence-corrected chi connectivity index (χ4v) is 1.66. The van der Waals surface area contributed by atoms with Crippen molar-refractivity contribution in [1.82, 2.24) is 15.5 Å². The van der Waals surface area contributed by atoms with E-state index >= 15 is 0 Å². The number of hydrogen-bond acceptors (Lipinski definition) is 3. The third kappa shape index (κ3) is 4.56. The third-order valence-electron chi connectivity index (χ3n) is 2.19. The Morgan fingerprint density at radius 3 is 2.71 bits per heavy atom. The van der Waals surface area contributed by atoms with Crippen LogP contribution in [-0.2, 0) is 0 Å². The Hall–Kier alpha value is -1.36. The summed E-state index contributed by atoms with van der Waals surface area (Å²) >= 11 is 5.78. The van der Waals surface area contributed by atoms with Gasteiger partial charge in [0.25, 0.3) is 11.5 Å². The first-order valence-corrected chi connectivity index (χ1v) is 5.99. The van der Waals surface area contributed by atoms with Crippen LogP contribution in [0.2, 0.25) is 0 Å². The lowest BCUT2D eigenvalue weighted by Crippen LogP contribution is -2.37. The molecule has 1 heterocycles. The normalized spacial score (nSPS) is 12.5. The van der Waals surface area contributed by atoms with Crippen LogP contribution in [0, 0.1) is 5.92 Å². The topological polar surface area (TPSA) is 74.8 Å². The number of carbonyl (C=O) groups excluding carboxylic acids is 1. The van der Waals surface area contributed by atoms with Gasteiger partial charge in [-0.05, 0) is 18.4 Å². The molecule has 5 nitrogen and oxygen atoms in total. The van der Waals surface area contributed by atoms with Crippen molar-refractivity contribution in [3.05, 3.63) is 28.2 Å². The molecule has 0 aliphatic heterocycles. The van der Waals surface area contributed by atoms with Gasteiger partial charge in [-0.1, -0.05) is 13.8 Å². The summed E-state index contributed by atoms with van der Waals surface area (Å²) in [5.41, 5.74) is -0.152. The Morgan fingerprint density at radius 1 is 1.53 bits per heavy atom. The molecule has 0 saturated heterocycles. The molecule has 0 bridgehead atoms. The molecule has 0 spiro atoms. The fourth-order valence-electron chi connectivity index (χ4n) is 1.46. The molecule has 1 unspecified atom stereocenters. The van der Waals surface area contributed by atoms with Gasteiger partial charge in [0.1, 0.15) is 5.69 Å². The van der Waals surface area contributed by atoms with Gasteiger partial charge in [0.05, 0.1) is 0 Å². The van der Waals surface area contributed by atoms with E-state index in [1.165, 1.54) is 12.1 Å². The first-order chi connectivity index (χ1) is 8.02. The number of nitrogens with zero attached hydrogens (tertiary/aromatic N) is 1. The fraction of sp³-hybridized carbons (Fsp3) is 0.545. The average Bonchev–Trinajstić information content (AvgIpc) is 2.28. The lowest BCUT2D eigenvalue weighted by Gasteiger charge is -2.17. The Morgan fingerprint density at radius 2 is 2.24 bits per heavy atom. The van der Waals surface area contributed by atoms with Crippen LogP contribution in [0.3, 0.4) is 0 Å². The van der Waals surface area contributed by atoms with E-state index in [2.05, 4.69) is 29.4 Å². The largest absolute Gasteiger partial charge is 0.347 e. The molecule has 0 radical (unpaired) electrons. The maximum Gasteiger partial charge on any atom is 0.271 e. The first kappa shape index (κ1) is 13.7. The highest BCUT2D eigenvalue weighted by Crippen LogP contribution is 2.06. The van der Waals surface area contributed by atoms with E-state index < -0.39 is 0 Å². The Labute approximate surface area is 105 Å². The number of H-pyrrole nitrogens is 1. The van der Waals surface area contributed by atoms with Gasteiger partial charge in [0.2, 0.25) is 0 Å². The summed E-state index contributed by atoms with van der Waals surface area (Å²) in [5, 5.41) is 8.64. The van der Waals surface area contributed by atoms with Crippen LogP contribution in [0.15, 0.2) is 16.9 Å². The highest BCUT2D eigenvalue weighted by atomic mass is 35.5. The van der Waals surface area contributed by atoms with Crippen LogP contribution < -0.4 is 10.9 Å². The standard InChI is InChI=1S/C11H16ClN3O2/c1-7(2)5-8(6-12)13-11(17)9-3-4-10(16)15-14-9/h3-4,7-8H,5-6H2,1-2H3,(H,13,17)(H,15,16). The number of rotatable bonds is 5. The van der Waals surface area contributed by atoms with Crippen molar-refractivity contribution in [1.29, 1.82) is 0 Å². The van der Waals surface area contributed by atoms with E-state index in [-0.39, 0.29) is 23.2 Å². The van der Waals surface area contributed by atoms with Crippen molar-refractivity contribution in [2.75, 3.05) is 5.88 Å². The second-order valence-corrected chi connectivity index (χ2v) is 4.57. The molecule has 1 aromatic rings. The summed E-state index contributed by atoms with van der Waals surface area (Å²) in [6, 6.07) is 2.56. The predicted octanol–water partition coefficient (Wildman–Crippen LogP) is 1.15. The number of aromatic nitrogens is 2. The van der Waals surface area contributed by atoms with Gasteiger partial charge < -0.3 is 5.32 Å². The van der Waals surface area contributed by atoms with E-state index in [1.54, 1.807) is 0 Å². The van der Waals surface area contributed by atoms with Crippen LogP contribution in [0.4, 0.5) is 0 Å². The van der Waals surface area contributed by atoms with Gasteiger partial charge in [-0.3, -0.25) is 9.59 Å². The lowest BCUT2D eigenvalue weighted by molar-refractivity contribution is 0.0930. The zero-order valence-electron chi connectivity index (χ0n) is 9.87.